The van der Waals surface area contributed by atoms with E-state index in [9.17, 15) is 8.78 Å². The van der Waals surface area contributed by atoms with E-state index < -0.39 is 17.4 Å². The fraction of sp³-hybridized carbons (Fsp3) is 0.273. The maximum Gasteiger partial charge on any atom is 0.155 e. The van der Waals surface area contributed by atoms with Crippen molar-refractivity contribution in [3.8, 4) is 5.75 Å². The Balaban J connectivity index is 2.37. The van der Waals surface area contributed by atoms with Crippen molar-refractivity contribution in [1.29, 1.82) is 0 Å². The summed E-state index contributed by atoms with van der Waals surface area (Å²) in [5, 5.41) is 10.1. The molecule has 1 aliphatic rings. The molecule has 1 aromatic rings. The van der Waals surface area contributed by atoms with Crippen molar-refractivity contribution in [3.05, 3.63) is 35.7 Å². The summed E-state index contributed by atoms with van der Waals surface area (Å²) in [6.45, 7) is 3.78. The Hall–Kier alpha value is -1.82. The summed E-state index contributed by atoms with van der Waals surface area (Å²) >= 11 is 0. The first-order valence-corrected chi connectivity index (χ1v) is 5.10. The number of rotatable bonds is 2. The zero-order valence-electron chi connectivity index (χ0n) is 9.37. The molecule has 0 radical (unpaired) electrons. The lowest BCUT2D eigenvalue weighted by Gasteiger charge is -2.15. The third kappa shape index (κ3) is 2.16. The summed E-state index contributed by atoms with van der Waals surface area (Å²) in [6, 6.07) is 1.67. The van der Waals surface area contributed by atoms with Crippen molar-refractivity contribution in [2.24, 2.45) is 5.92 Å². The van der Waals surface area contributed by atoms with Gasteiger partial charge in [-0.3, -0.25) is 0 Å². The molecule has 0 amide bonds. The molecule has 6 heteroatoms. The number of benzene rings is 1. The molecule has 1 aromatic carbocycles. The number of aromatic hydroxyl groups is 1. The smallest absolute Gasteiger partial charge is 0.155 e. The zero-order valence-corrected chi connectivity index (χ0v) is 9.37. The molecule has 1 aliphatic heterocycles. The third-order valence-electron chi connectivity index (χ3n) is 2.33. The molecule has 92 valence electrons. The van der Waals surface area contributed by atoms with Crippen LogP contribution in [0.3, 0.4) is 0 Å². The fourth-order valence-electron chi connectivity index (χ4n) is 1.44. The number of phenolic OH excluding ortho intramolecular Hbond substituents is 1. The van der Waals surface area contributed by atoms with Crippen LogP contribution in [0, 0.1) is 17.6 Å². The van der Waals surface area contributed by atoms with E-state index in [-0.39, 0.29) is 11.6 Å². The number of hydrazine groups is 1. The van der Waals surface area contributed by atoms with Gasteiger partial charge >= 0.3 is 0 Å². The van der Waals surface area contributed by atoms with Gasteiger partial charge in [0.1, 0.15) is 17.2 Å². The van der Waals surface area contributed by atoms with Gasteiger partial charge in [0.05, 0.1) is 6.20 Å². The second-order valence-electron chi connectivity index (χ2n) is 4.01. The van der Waals surface area contributed by atoms with Crippen LogP contribution in [-0.4, -0.2) is 5.11 Å². The van der Waals surface area contributed by atoms with Gasteiger partial charge in [0.2, 0.25) is 0 Å². The Labute approximate surface area is 97.0 Å². The van der Waals surface area contributed by atoms with Crippen LogP contribution < -0.4 is 10.6 Å². The number of nitrogens with zero attached hydrogens (tertiary/aromatic N) is 1. The van der Waals surface area contributed by atoms with E-state index >= 15 is 0 Å². The van der Waals surface area contributed by atoms with Crippen LogP contribution in [0.4, 0.5) is 14.5 Å². The minimum Gasteiger partial charge on any atom is -0.508 e. The third-order valence-corrected chi connectivity index (χ3v) is 2.33. The highest BCUT2D eigenvalue weighted by atomic mass is 19.1. The number of halogens is 2. The molecule has 0 spiro atoms. The van der Waals surface area contributed by atoms with Crippen molar-refractivity contribution >= 4 is 5.69 Å². The first-order valence-electron chi connectivity index (χ1n) is 5.10. The molecule has 0 bridgehead atoms. The molecular formula is C11H12F2N2O2. The quantitative estimate of drug-likeness (QED) is 0.836. The Morgan fingerprint density at radius 2 is 1.88 bits per heavy atom. The molecule has 0 atom stereocenters. The lowest BCUT2D eigenvalue weighted by atomic mass is 10.2. The SMILES string of the molecule is CC(C)C1=CN(c2c(F)cc(O)cc2F)NO1. The van der Waals surface area contributed by atoms with Gasteiger partial charge in [-0.05, 0) is 0 Å². The van der Waals surface area contributed by atoms with Crippen molar-refractivity contribution in [2.45, 2.75) is 13.8 Å². The van der Waals surface area contributed by atoms with Gasteiger partial charge < -0.3 is 9.94 Å². The fourth-order valence-corrected chi connectivity index (χ4v) is 1.44. The summed E-state index contributed by atoms with van der Waals surface area (Å²) in [7, 11) is 0. The van der Waals surface area contributed by atoms with Crippen molar-refractivity contribution < 1.29 is 18.7 Å². The van der Waals surface area contributed by atoms with Crippen LogP contribution in [0.5, 0.6) is 5.75 Å². The molecule has 0 fully saturated rings. The van der Waals surface area contributed by atoms with Crippen molar-refractivity contribution in [2.75, 3.05) is 5.01 Å². The average molecular weight is 242 g/mol. The summed E-state index contributed by atoms with van der Waals surface area (Å²) in [5.74, 6) is -1.55. The highest BCUT2D eigenvalue weighted by Gasteiger charge is 2.23. The topological polar surface area (TPSA) is 44.7 Å². The van der Waals surface area contributed by atoms with Crippen molar-refractivity contribution in [1.82, 2.24) is 5.59 Å². The second kappa shape index (κ2) is 4.21. The van der Waals surface area contributed by atoms with Gasteiger partial charge in [0.15, 0.2) is 11.6 Å². The molecule has 0 saturated carbocycles. The lowest BCUT2D eigenvalue weighted by Crippen LogP contribution is -2.28. The van der Waals surface area contributed by atoms with Crippen LogP contribution >= 0.6 is 0 Å². The van der Waals surface area contributed by atoms with E-state index in [0.717, 1.165) is 17.1 Å². The zero-order chi connectivity index (χ0) is 12.6. The Morgan fingerprint density at radius 1 is 1.29 bits per heavy atom. The molecule has 17 heavy (non-hydrogen) atoms. The maximum atomic E-state index is 13.5. The van der Waals surface area contributed by atoms with Gasteiger partial charge in [-0.2, -0.15) is 0 Å². The first-order chi connectivity index (χ1) is 7.99. The number of anilines is 1. The van der Waals surface area contributed by atoms with Gasteiger partial charge in [0, 0.05) is 18.1 Å². The summed E-state index contributed by atoms with van der Waals surface area (Å²) in [5.41, 5.74) is 2.06. The number of allylic oxidation sites excluding steroid dienone is 1. The normalized spacial score (nSPS) is 15.1. The lowest BCUT2D eigenvalue weighted by molar-refractivity contribution is 0.111. The van der Waals surface area contributed by atoms with Gasteiger partial charge in [0.25, 0.3) is 0 Å². The average Bonchev–Trinajstić information content (AvgIpc) is 2.65. The summed E-state index contributed by atoms with van der Waals surface area (Å²) < 4.78 is 27.0. The molecule has 0 unspecified atom stereocenters. The van der Waals surface area contributed by atoms with Crippen LogP contribution in [0.1, 0.15) is 13.8 Å². The number of phenols is 1. The molecule has 0 saturated heterocycles. The number of hydrogen-bond acceptors (Lipinski definition) is 4. The highest BCUT2D eigenvalue weighted by molar-refractivity contribution is 5.53. The minimum atomic E-state index is -0.875. The van der Waals surface area contributed by atoms with E-state index in [2.05, 4.69) is 5.59 Å². The van der Waals surface area contributed by atoms with Gasteiger partial charge in [-0.15, -0.1) is 0 Å². The monoisotopic (exact) mass is 242 g/mol. The summed E-state index contributed by atoms with van der Waals surface area (Å²) in [6.07, 6.45) is 1.46. The minimum absolute atomic E-state index is 0.0933. The van der Waals surface area contributed by atoms with E-state index in [1.54, 1.807) is 0 Å². The Bertz CT molecular complexity index is 452. The van der Waals surface area contributed by atoms with E-state index in [4.69, 9.17) is 9.94 Å². The molecule has 4 nitrogen and oxygen atoms in total. The molecule has 0 aliphatic carbocycles. The van der Waals surface area contributed by atoms with E-state index in [1.165, 1.54) is 6.20 Å². The van der Waals surface area contributed by atoms with Crippen LogP contribution in [0.15, 0.2) is 24.1 Å². The maximum absolute atomic E-state index is 13.5. The van der Waals surface area contributed by atoms with Gasteiger partial charge in [-0.25, -0.2) is 13.8 Å². The van der Waals surface area contributed by atoms with Crippen molar-refractivity contribution in [3.63, 3.8) is 0 Å². The number of hydrogen-bond donors (Lipinski definition) is 2. The van der Waals surface area contributed by atoms with E-state index in [0.29, 0.717) is 5.76 Å². The second-order valence-corrected chi connectivity index (χ2v) is 4.01. The molecule has 2 N–H and O–H groups in total. The largest absolute Gasteiger partial charge is 0.508 e. The summed E-state index contributed by atoms with van der Waals surface area (Å²) in [4.78, 5) is 5.06. The Kier molecular flexibility index (Phi) is 2.89. The number of nitrogens with one attached hydrogen (secondary N) is 1. The molecule has 0 aromatic heterocycles. The predicted octanol–water partition coefficient (Wildman–Crippen LogP) is 2.42. The standard InChI is InChI=1S/C11H12F2N2O2/c1-6(2)10-5-15(14-17-10)11-8(12)3-7(16)4-9(11)13/h3-6,14,16H,1-2H3. The first kappa shape index (κ1) is 11.7. The van der Waals surface area contributed by atoms with E-state index in [1.807, 2.05) is 13.8 Å². The van der Waals surface area contributed by atoms with Crippen LogP contribution in [-0.2, 0) is 4.84 Å². The predicted molar refractivity (Wildman–Crippen MR) is 57.6 cm³/mol. The Morgan fingerprint density at radius 3 is 2.35 bits per heavy atom. The molecule has 2 rings (SSSR count). The van der Waals surface area contributed by atoms with Gasteiger partial charge in [-0.1, -0.05) is 19.4 Å². The molecular weight excluding hydrogens is 230 g/mol. The highest BCUT2D eigenvalue weighted by Crippen LogP contribution is 2.29. The molecule has 1 heterocycles. The van der Waals surface area contributed by atoms with Crippen LogP contribution in [0.2, 0.25) is 0 Å². The van der Waals surface area contributed by atoms with Crippen LogP contribution in [0.25, 0.3) is 0 Å².